The Labute approximate surface area is 187 Å². The first-order valence-electron chi connectivity index (χ1n) is 11.1. The van der Waals surface area contributed by atoms with Crippen molar-refractivity contribution in [1.82, 2.24) is 29.8 Å². The van der Waals surface area contributed by atoms with E-state index in [9.17, 15) is 9.59 Å². The van der Waals surface area contributed by atoms with Gasteiger partial charge < -0.3 is 15.5 Å². The highest BCUT2D eigenvalue weighted by Gasteiger charge is 2.34. The molecular formula is C22H26BN7O2. The molecule has 2 amide bonds. The number of nitrogens with zero attached hydrogens (tertiary/aromatic N) is 5. The molecule has 10 heteroatoms. The average Bonchev–Trinajstić information content (AvgIpc) is 3.43. The average molecular weight is 431 g/mol. The SMILES string of the molecule is Bc1cnn2c(NCc3cccnc3)cc(C3CCCN(C(=O)C4CCC(=O)N4)C3)nc12. The van der Waals surface area contributed by atoms with E-state index < -0.39 is 0 Å². The molecule has 5 rings (SSSR count). The fourth-order valence-corrected chi connectivity index (χ4v) is 4.56. The summed E-state index contributed by atoms with van der Waals surface area (Å²) in [6, 6.07) is 5.61. The summed E-state index contributed by atoms with van der Waals surface area (Å²) >= 11 is 0. The van der Waals surface area contributed by atoms with Gasteiger partial charge in [0, 0.05) is 56.6 Å². The monoisotopic (exact) mass is 431 g/mol. The highest BCUT2D eigenvalue weighted by molar-refractivity contribution is 6.36. The van der Waals surface area contributed by atoms with E-state index in [-0.39, 0.29) is 23.8 Å². The molecule has 0 saturated carbocycles. The second-order valence-electron chi connectivity index (χ2n) is 8.63. The van der Waals surface area contributed by atoms with Crippen LogP contribution in [0.5, 0.6) is 0 Å². The topological polar surface area (TPSA) is 105 Å². The summed E-state index contributed by atoms with van der Waals surface area (Å²) in [6.07, 6.45) is 8.32. The Morgan fingerprint density at radius 2 is 2.22 bits per heavy atom. The Hall–Kier alpha value is -3.43. The van der Waals surface area contributed by atoms with Gasteiger partial charge in [-0.05, 0) is 36.4 Å². The van der Waals surface area contributed by atoms with Crippen LogP contribution in [0.4, 0.5) is 5.82 Å². The summed E-state index contributed by atoms with van der Waals surface area (Å²) in [5.74, 6) is 0.998. The zero-order valence-corrected chi connectivity index (χ0v) is 18.1. The number of fused-ring (bicyclic) bond motifs is 1. The van der Waals surface area contributed by atoms with E-state index >= 15 is 0 Å². The van der Waals surface area contributed by atoms with E-state index in [1.165, 1.54) is 0 Å². The van der Waals surface area contributed by atoms with Crippen LogP contribution < -0.4 is 16.1 Å². The highest BCUT2D eigenvalue weighted by Crippen LogP contribution is 2.28. The van der Waals surface area contributed by atoms with Crippen molar-refractivity contribution in [2.45, 2.75) is 44.2 Å². The zero-order valence-electron chi connectivity index (χ0n) is 18.1. The van der Waals surface area contributed by atoms with Crippen LogP contribution >= 0.6 is 0 Å². The minimum Gasteiger partial charge on any atom is -0.366 e. The number of anilines is 1. The number of carbonyl (C=O) groups is 2. The molecule has 9 nitrogen and oxygen atoms in total. The van der Waals surface area contributed by atoms with Crippen molar-refractivity contribution in [2.75, 3.05) is 18.4 Å². The first-order chi connectivity index (χ1) is 15.6. The van der Waals surface area contributed by atoms with Crippen LogP contribution in [0.25, 0.3) is 5.65 Å². The third-order valence-corrected chi connectivity index (χ3v) is 6.31. The molecule has 0 aliphatic carbocycles. The summed E-state index contributed by atoms with van der Waals surface area (Å²) < 4.78 is 1.83. The van der Waals surface area contributed by atoms with Crippen LogP contribution in [0.2, 0.25) is 0 Å². The van der Waals surface area contributed by atoms with Gasteiger partial charge in [0.25, 0.3) is 0 Å². The molecule has 3 aromatic rings. The third-order valence-electron chi connectivity index (χ3n) is 6.31. The van der Waals surface area contributed by atoms with Crippen LogP contribution in [-0.2, 0) is 16.1 Å². The van der Waals surface area contributed by atoms with Crippen molar-refractivity contribution in [3.63, 3.8) is 0 Å². The van der Waals surface area contributed by atoms with Gasteiger partial charge in [-0.2, -0.15) is 9.61 Å². The van der Waals surface area contributed by atoms with Gasteiger partial charge >= 0.3 is 0 Å². The normalized spacial score (nSPS) is 21.0. The molecule has 5 heterocycles. The molecular weight excluding hydrogens is 405 g/mol. The number of likely N-dealkylation sites (tertiary alicyclic amines) is 1. The second kappa shape index (κ2) is 8.60. The molecule has 2 aliphatic heterocycles. The van der Waals surface area contributed by atoms with Crippen molar-refractivity contribution in [3.05, 3.63) is 48.0 Å². The van der Waals surface area contributed by atoms with Gasteiger partial charge in [-0.25, -0.2) is 4.98 Å². The molecule has 2 atom stereocenters. The molecule has 2 saturated heterocycles. The number of amides is 2. The van der Waals surface area contributed by atoms with E-state index in [1.54, 1.807) is 6.20 Å². The first kappa shape index (κ1) is 20.5. The number of piperidine rings is 1. The van der Waals surface area contributed by atoms with Gasteiger partial charge in [0.1, 0.15) is 19.7 Å². The van der Waals surface area contributed by atoms with Crippen molar-refractivity contribution in [2.24, 2.45) is 0 Å². The van der Waals surface area contributed by atoms with Crippen LogP contribution in [-0.4, -0.2) is 63.3 Å². The van der Waals surface area contributed by atoms with Crippen molar-refractivity contribution >= 4 is 36.6 Å². The van der Waals surface area contributed by atoms with Gasteiger partial charge in [-0.15, -0.1) is 0 Å². The second-order valence-corrected chi connectivity index (χ2v) is 8.63. The highest BCUT2D eigenvalue weighted by atomic mass is 16.2. The number of nitrogens with one attached hydrogen (secondary N) is 2. The number of hydrogen-bond acceptors (Lipinski definition) is 6. The van der Waals surface area contributed by atoms with Crippen LogP contribution in [0, 0.1) is 0 Å². The molecule has 2 N–H and O–H groups in total. The number of carbonyl (C=O) groups excluding carboxylic acids is 2. The maximum Gasteiger partial charge on any atom is 0.245 e. The zero-order chi connectivity index (χ0) is 22.1. The molecule has 0 spiro atoms. The largest absolute Gasteiger partial charge is 0.366 e. The van der Waals surface area contributed by atoms with Crippen LogP contribution in [0.3, 0.4) is 0 Å². The third kappa shape index (κ3) is 4.04. The Balaban J connectivity index is 1.38. The van der Waals surface area contributed by atoms with Crippen LogP contribution in [0.1, 0.15) is 42.9 Å². The van der Waals surface area contributed by atoms with Gasteiger partial charge in [-0.1, -0.05) is 6.07 Å². The van der Waals surface area contributed by atoms with E-state index in [0.717, 1.165) is 47.6 Å². The minimum atomic E-state index is -0.384. The van der Waals surface area contributed by atoms with Crippen molar-refractivity contribution < 1.29 is 9.59 Å². The number of pyridine rings is 1. The fraction of sp³-hybridized carbons (Fsp3) is 0.409. The number of aromatic nitrogens is 4. The minimum absolute atomic E-state index is 0.0251. The number of hydrogen-bond donors (Lipinski definition) is 2. The molecule has 164 valence electrons. The summed E-state index contributed by atoms with van der Waals surface area (Å²) in [4.78, 5) is 35.5. The quantitative estimate of drug-likeness (QED) is 0.551. The molecule has 0 radical (unpaired) electrons. The van der Waals surface area contributed by atoms with E-state index in [4.69, 9.17) is 4.98 Å². The smallest absolute Gasteiger partial charge is 0.245 e. The molecule has 2 unspecified atom stereocenters. The fourth-order valence-electron chi connectivity index (χ4n) is 4.56. The molecule has 0 aromatic carbocycles. The van der Waals surface area contributed by atoms with Gasteiger partial charge in [0.2, 0.25) is 11.8 Å². The molecule has 0 bridgehead atoms. The Morgan fingerprint density at radius 1 is 1.31 bits per heavy atom. The van der Waals surface area contributed by atoms with E-state index in [2.05, 4.69) is 20.7 Å². The summed E-state index contributed by atoms with van der Waals surface area (Å²) in [6.45, 7) is 1.97. The molecule has 2 fully saturated rings. The lowest BCUT2D eigenvalue weighted by atomic mass is 9.93. The van der Waals surface area contributed by atoms with Crippen LogP contribution in [0.15, 0.2) is 36.8 Å². The Bertz CT molecular complexity index is 1150. The lowest BCUT2D eigenvalue weighted by Gasteiger charge is -2.34. The lowest BCUT2D eigenvalue weighted by Crippen LogP contribution is -2.48. The molecule has 32 heavy (non-hydrogen) atoms. The summed E-state index contributed by atoms with van der Waals surface area (Å²) in [5, 5.41) is 10.8. The standard InChI is InChI=1S/C22H26BN7O2/c23-16-12-26-30-19(25-11-14-3-1-7-24-10-14)9-18(28-21(16)30)15-4-2-8-29(13-15)22(32)17-5-6-20(31)27-17/h1,3,7,9-10,12,15,17,25H,2,4-6,8,11,13,23H2,(H,27,31). The summed E-state index contributed by atoms with van der Waals surface area (Å²) in [5.41, 5.74) is 3.87. The lowest BCUT2D eigenvalue weighted by molar-refractivity contribution is -0.135. The number of rotatable bonds is 5. The van der Waals surface area contributed by atoms with Gasteiger partial charge in [0.15, 0.2) is 5.65 Å². The molecule has 3 aromatic heterocycles. The van der Waals surface area contributed by atoms with Gasteiger partial charge in [0.05, 0.1) is 5.69 Å². The molecule has 2 aliphatic rings. The maximum absolute atomic E-state index is 12.9. The predicted octanol–water partition coefficient (Wildman–Crippen LogP) is -0.0206. The Kier molecular flexibility index (Phi) is 5.51. The maximum atomic E-state index is 12.9. The first-order valence-corrected chi connectivity index (χ1v) is 11.1. The summed E-state index contributed by atoms with van der Waals surface area (Å²) in [7, 11) is 2.00. The van der Waals surface area contributed by atoms with E-state index in [0.29, 0.717) is 25.9 Å². The van der Waals surface area contributed by atoms with Crippen molar-refractivity contribution in [1.29, 1.82) is 0 Å². The van der Waals surface area contributed by atoms with Crippen molar-refractivity contribution in [3.8, 4) is 0 Å². The van der Waals surface area contributed by atoms with E-state index in [1.807, 2.05) is 47.9 Å². The van der Waals surface area contributed by atoms with Gasteiger partial charge in [-0.3, -0.25) is 14.6 Å². The Morgan fingerprint density at radius 3 is 3.00 bits per heavy atom. The predicted molar refractivity (Wildman–Crippen MR) is 122 cm³/mol.